The Bertz CT molecular complexity index is 743. The summed E-state index contributed by atoms with van der Waals surface area (Å²) in [4.78, 5) is 0. The summed E-state index contributed by atoms with van der Waals surface area (Å²) in [5.41, 5.74) is 1.65. The fourth-order valence-corrected chi connectivity index (χ4v) is 3.91. The molecule has 0 radical (unpaired) electrons. The van der Waals surface area contributed by atoms with E-state index in [1.54, 1.807) is 11.3 Å². The minimum atomic E-state index is -0.738. The van der Waals surface area contributed by atoms with Crippen molar-refractivity contribution >= 4 is 37.4 Å². The fourth-order valence-electron chi connectivity index (χ4n) is 2.68. The van der Waals surface area contributed by atoms with Crippen LogP contribution in [0.25, 0.3) is 10.1 Å². The van der Waals surface area contributed by atoms with Gasteiger partial charge in [-0.1, -0.05) is 46.3 Å². The van der Waals surface area contributed by atoms with E-state index >= 15 is 0 Å². The first-order valence-electron chi connectivity index (χ1n) is 6.95. The van der Waals surface area contributed by atoms with Crippen LogP contribution in [0.2, 0.25) is 0 Å². The minimum Gasteiger partial charge on any atom is -0.389 e. The number of rotatable bonds is 4. The zero-order valence-electron chi connectivity index (χ0n) is 11.8. The molecule has 0 aliphatic heterocycles. The number of hydrogen-bond acceptors (Lipinski definition) is 2. The molecule has 3 rings (SSSR count). The number of benzene rings is 2. The Balaban J connectivity index is 1.80. The predicted molar refractivity (Wildman–Crippen MR) is 94.0 cm³/mol. The third kappa shape index (κ3) is 3.54. The van der Waals surface area contributed by atoms with Gasteiger partial charge in [-0.25, -0.2) is 0 Å². The van der Waals surface area contributed by atoms with Crippen molar-refractivity contribution < 1.29 is 5.11 Å². The van der Waals surface area contributed by atoms with Crippen LogP contribution in [0.4, 0.5) is 0 Å². The van der Waals surface area contributed by atoms with Gasteiger partial charge in [-0.2, -0.15) is 0 Å². The van der Waals surface area contributed by atoms with Crippen LogP contribution in [-0.4, -0.2) is 10.7 Å². The molecule has 1 atom stereocenters. The highest BCUT2D eigenvalue weighted by Crippen LogP contribution is 2.29. The van der Waals surface area contributed by atoms with Crippen molar-refractivity contribution in [2.45, 2.75) is 25.4 Å². The van der Waals surface area contributed by atoms with Gasteiger partial charge in [0.2, 0.25) is 0 Å². The first-order chi connectivity index (χ1) is 10.0. The van der Waals surface area contributed by atoms with Gasteiger partial charge in [0.25, 0.3) is 0 Å². The predicted octanol–water partition coefficient (Wildman–Crippen LogP) is 5.20. The second kappa shape index (κ2) is 5.91. The average molecular weight is 361 g/mol. The number of thiophene rings is 1. The molecule has 0 bridgehead atoms. The van der Waals surface area contributed by atoms with E-state index in [0.717, 1.165) is 10.0 Å². The molecule has 0 aliphatic rings. The Morgan fingerprint density at radius 3 is 2.52 bits per heavy atom. The monoisotopic (exact) mass is 360 g/mol. The number of aliphatic hydroxyl groups is 1. The molecule has 0 saturated heterocycles. The van der Waals surface area contributed by atoms with Gasteiger partial charge in [-0.15, -0.1) is 11.3 Å². The van der Waals surface area contributed by atoms with Gasteiger partial charge < -0.3 is 5.11 Å². The van der Waals surface area contributed by atoms with Gasteiger partial charge in [0.1, 0.15) is 0 Å². The Labute approximate surface area is 137 Å². The normalized spacial score (nSPS) is 14.2. The molecule has 3 aromatic rings. The van der Waals surface area contributed by atoms with Gasteiger partial charge in [-0.3, -0.25) is 0 Å². The molecule has 0 aliphatic carbocycles. The molecule has 0 saturated carbocycles. The van der Waals surface area contributed by atoms with Crippen LogP contribution in [0.3, 0.4) is 0 Å². The molecule has 0 spiro atoms. The van der Waals surface area contributed by atoms with Crippen LogP contribution >= 0.6 is 27.3 Å². The van der Waals surface area contributed by atoms with Crippen molar-refractivity contribution in [2.24, 2.45) is 0 Å². The summed E-state index contributed by atoms with van der Waals surface area (Å²) < 4.78 is 2.35. The molecule has 1 nitrogen and oxygen atoms in total. The second-order valence-corrected chi connectivity index (χ2v) is 7.56. The van der Waals surface area contributed by atoms with Crippen molar-refractivity contribution in [1.82, 2.24) is 0 Å². The SMILES string of the molecule is CC(O)(Cc1ccc(Br)cc1)Cc1csc2ccccc12. The Morgan fingerprint density at radius 1 is 1.05 bits per heavy atom. The van der Waals surface area contributed by atoms with Crippen molar-refractivity contribution in [3.63, 3.8) is 0 Å². The molecule has 1 unspecified atom stereocenters. The lowest BCUT2D eigenvalue weighted by Gasteiger charge is -2.23. The quantitative estimate of drug-likeness (QED) is 0.677. The highest BCUT2D eigenvalue weighted by Gasteiger charge is 2.23. The molecular formula is C18H17BrOS. The smallest absolute Gasteiger partial charge is 0.0700 e. The third-order valence-electron chi connectivity index (χ3n) is 3.63. The van der Waals surface area contributed by atoms with Crippen LogP contribution in [0.1, 0.15) is 18.1 Å². The van der Waals surface area contributed by atoms with Gasteiger partial charge in [0.15, 0.2) is 0 Å². The molecule has 1 N–H and O–H groups in total. The lowest BCUT2D eigenvalue weighted by Crippen LogP contribution is -2.29. The number of fused-ring (bicyclic) bond motifs is 1. The third-order valence-corrected chi connectivity index (χ3v) is 5.17. The summed E-state index contributed by atoms with van der Waals surface area (Å²) >= 11 is 5.19. The number of halogens is 1. The zero-order valence-corrected chi connectivity index (χ0v) is 14.2. The molecule has 1 heterocycles. The molecule has 3 heteroatoms. The van der Waals surface area contributed by atoms with Crippen LogP contribution in [0, 0.1) is 0 Å². The van der Waals surface area contributed by atoms with Gasteiger partial charge in [-0.05, 0) is 47.0 Å². The van der Waals surface area contributed by atoms with Crippen molar-refractivity contribution in [3.8, 4) is 0 Å². The Kier molecular flexibility index (Phi) is 4.16. The lowest BCUT2D eigenvalue weighted by molar-refractivity contribution is 0.0612. The summed E-state index contributed by atoms with van der Waals surface area (Å²) in [5, 5.41) is 14.2. The first-order valence-corrected chi connectivity index (χ1v) is 8.63. The number of hydrogen-bond donors (Lipinski definition) is 1. The lowest BCUT2D eigenvalue weighted by atomic mass is 9.90. The van der Waals surface area contributed by atoms with Crippen molar-refractivity contribution in [1.29, 1.82) is 0 Å². The first kappa shape index (κ1) is 14.8. The van der Waals surface area contributed by atoms with Crippen molar-refractivity contribution in [3.05, 3.63) is 69.5 Å². The molecular weight excluding hydrogens is 344 g/mol. The van der Waals surface area contributed by atoms with E-state index in [9.17, 15) is 5.11 Å². The molecule has 0 amide bonds. The Morgan fingerprint density at radius 2 is 1.76 bits per heavy atom. The maximum Gasteiger partial charge on any atom is 0.0700 e. The average Bonchev–Trinajstić information content (AvgIpc) is 2.84. The van der Waals surface area contributed by atoms with Gasteiger partial charge in [0.05, 0.1) is 5.60 Å². The van der Waals surface area contributed by atoms with E-state index in [1.807, 2.05) is 19.1 Å². The second-order valence-electron chi connectivity index (χ2n) is 5.73. The Hall–Kier alpha value is -1.16. The van der Waals surface area contributed by atoms with E-state index in [4.69, 9.17) is 0 Å². The van der Waals surface area contributed by atoms with Crippen LogP contribution in [0.15, 0.2) is 58.4 Å². The molecule has 21 heavy (non-hydrogen) atoms. The van der Waals surface area contributed by atoms with Crippen LogP contribution in [-0.2, 0) is 12.8 Å². The van der Waals surface area contributed by atoms with Crippen molar-refractivity contribution in [2.75, 3.05) is 0 Å². The summed E-state index contributed by atoms with van der Waals surface area (Å²) in [7, 11) is 0. The zero-order chi connectivity index (χ0) is 14.9. The largest absolute Gasteiger partial charge is 0.389 e. The topological polar surface area (TPSA) is 20.2 Å². The molecule has 1 aromatic heterocycles. The maximum atomic E-state index is 10.8. The highest BCUT2D eigenvalue weighted by atomic mass is 79.9. The van der Waals surface area contributed by atoms with Crippen LogP contribution in [0.5, 0.6) is 0 Å². The van der Waals surface area contributed by atoms with E-state index in [-0.39, 0.29) is 0 Å². The molecule has 2 aromatic carbocycles. The van der Waals surface area contributed by atoms with Gasteiger partial charge in [0, 0.05) is 22.0 Å². The summed E-state index contributed by atoms with van der Waals surface area (Å²) in [6.45, 7) is 1.92. The summed E-state index contributed by atoms with van der Waals surface area (Å²) in [6, 6.07) is 16.5. The van der Waals surface area contributed by atoms with E-state index < -0.39 is 5.60 Å². The molecule has 0 fully saturated rings. The summed E-state index contributed by atoms with van der Waals surface area (Å²) in [6.07, 6.45) is 1.33. The summed E-state index contributed by atoms with van der Waals surface area (Å²) in [5.74, 6) is 0. The van der Waals surface area contributed by atoms with E-state index in [1.165, 1.54) is 15.6 Å². The standard InChI is InChI=1S/C18H17BrOS/c1-18(20,10-13-6-8-15(19)9-7-13)11-14-12-21-17-5-3-2-4-16(14)17/h2-9,12,20H,10-11H2,1H3. The van der Waals surface area contributed by atoms with E-state index in [0.29, 0.717) is 12.8 Å². The van der Waals surface area contributed by atoms with E-state index in [2.05, 4.69) is 57.7 Å². The minimum absolute atomic E-state index is 0.657. The fraction of sp³-hybridized carbons (Fsp3) is 0.222. The highest BCUT2D eigenvalue weighted by molar-refractivity contribution is 9.10. The molecule has 108 valence electrons. The van der Waals surface area contributed by atoms with Crippen LogP contribution < -0.4 is 0 Å². The van der Waals surface area contributed by atoms with Gasteiger partial charge >= 0.3 is 0 Å². The maximum absolute atomic E-state index is 10.8.